The summed E-state index contributed by atoms with van der Waals surface area (Å²) in [4.78, 5) is 16.5. The molecule has 0 bridgehead atoms. The van der Waals surface area contributed by atoms with Crippen LogP contribution in [-0.2, 0) is 4.79 Å². The lowest BCUT2D eigenvalue weighted by atomic mass is 9.89. The predicted molar refractivity (Wildman–Crippen MR) is 94.2 cm³/mol. The van der Waals surface area contributed by atoms with E-state index >= 15 is 0 Å². The van der Waals surface area contributed by atoms with Crippen LogP contribution >= 0.6 is 11.6 Å². The van der Waals surface area contributed by atoms with Crippen LogP contribution in [0.25, 0.3) is 0 Å². The Labute approximate surface area is 141 Å². The third kappa shape index (κ3) is 4.45. The standard InChI is InChI=1S/C18H20ClN3O/c19-14-7-4-8-15(11-14)21-16-9-10-17(20-12-16)22-18(23)13-5-2-1-3-6-13/h4,7-13,21H,1-3,5-6H2,(H,20,22,23). The second kappa shape index (κ2) is 7.47. The van der Waals surface area contributed by atoms with Crippen molar-refractivity contribution in [3.05, 3.63) is 47.6 Å². The van der Waals surface area contributed by atoms with Gasteiger partial charge in [0.25, 0.3) is 0 Å². The zero-order valence-electron chi connectivity index (χ0n) is 12.9. The second-order valence-electron chi connectivity index (χ2n) is 5.89. The smallest absolute Gasteiger partial charge is 0.228 e. The highest BCUT2D eigenvalue weighted by Gasteiger charge is 2.21. The van der Waals surface area contributed by atoms with Crippen LogP contribution in [0.15, 0.2) is 42.6 Å². The van der Waals surface area contributed by atoms with Crippen molar-refractivity contribution < 1.29 is 4.79 Å². The number of hydrogen-bond acceptors (Lipinski definition) is 3. The number of nitrogens with zero attached hydrogens (tertiary/aromatic N) is 1. The maximum Gasteiger partial charge on any atom is 0.228 e. The number of amides is 1. The van der Waals surface area contributed by atoms with Crippen LogP contribution in [0.3, 0.4) is 0 Å². The van der Waals surface area contributed by atoms with Crippen molar-refractivity contribution in [1.29, 1.82) is 0 Å². The van der Waals surface area contributed by atoms with E-state index in [1.807, 2.05) is 36.4 Å². The average Bonchev–Trinajstić information content (AvgIpc) is 2.57. The van der Waals surface area contributed by atoms with E-state index in [9.17, 15) is 4.79 Å². The lowest BCUT2D eigenvalue weighted by molar-refractivity contribution is -0.120. The Bertz CT molecular complexity index is 666. The first kappa shape index (κ1) is 15.8. The normalized spacial score (nSPS) is 15.2. The van der Waals surface area contributed by atoms with Gasteiger partial charge >= 0.3 is 0 Å². The number of benzene rings is 1. The Kier molecular flexibility index (Phi) is 5.13. The van der Waals surface area contributed by atoms with Gasteiger partial charge in [0.15, 0.2) is 0 Å². The van der Waals surface area contributed by atoms with Gasteiger partial charge in [0, 0.05) is 16.6 Å². The molecule has 4 nitrogen and oxygen atoms in total. The SMILES string of the molecule is O=C(Nc1ccc(Nc2cccc(Cl)c2)cn1)C1CCCCC1. The quantitative estimate of drug-likeness (QED) is 0.830. The summed E-state index contributed by atoms with van der Waals surface area (Å²) in [5.41, 5.74) is 1.75. The Hall–Kier alpha value is -2.07. The molecule has 2 aromatic rings. The summed E-state index contributed by atoms with van der Waals surface area (Å²) in [7, 11) is 0. The van der Waals surface area contributed by atoms with Crippen LogP contribution in [-0.4, -0.2) is 10.9 Å². The van der Waals surface area contributed by atoms with Crippen LogP contribution < -0.4 is 10.6 Å². The summed E-state index contributed by atoms with van der Waals surface area (Å²) < 4.78 is 0. The summed E-state index contributed by atoms with van der Waals surface area (Å²) in [5, 5.41) is 6.82. The van der Waals surface area contributed by atoms with Crippen LogP contribution in [0, 0.1) is 5.92 Å². The van der Waals surface area contributed by atoms with Gasteiger partial charge in [-0.1, -0.05) is 36.9 Å². The maximum atomic E-state index is 12.2. The van der Waals surface area contributed by atoms with Gasteiger partial charge in [0.2, 0.25) is 5.91 Å². The zero-order chi connectivity index (χ0) is 16.1. The first-order chi connectivity index (χ1) is 11.2. The third-order valence-electron chi connectivity index (χ3n) is 4.10. The number of nitrogens with one attached hydrogen (secondary N) is 2. The number of halogens is 1. The van der Waals surface area contributed by atoms with Gasteiger partial charge in [-0.2, -0.15) is 0 Å². The molecule has 1 fully saturated rings. The van der Waals surface area contributed by atoms with Gasteiger partial charge in [-0.15, -0.1) is 0 Å². The van der Waals surface area contributed by atoms with E-state index in [4.69, 9.17) is 11.6 Å². The minimum Gasteiger partial charge on any atom is -0.354 e. The van der Waals surface area contributed by atoms with E-state index in [2.05, 4.69) is 15.6 Å². The first-order valence-corrected chi connectivity index (χ1v) is 8.38. The Morgan fingerprint density at radius 2 is 1.91 bits per heavy atom. The molecule has 1 aliphatic rings. The molecule has 2 N–H and O–H groups in total. The van der Waals surface area contributed by atoms with Crippen molar-refractivity contribution >= 4 is 34.7 Å². The summed E-state index contributed by atoms with van der Waals surface area (Å²) >= 11 is 5.96. The van der Waals surface area contributed by atoms with Gasteiger partial charge in [0.05, 0.1) is 11.9 Å². The average molecular weight is 330 g/mol. The van der Waals surface area contributed by atoms with E-state index in [-0.39, 0.29) is 11.8 Å². The van der Waals surface area contributed by atoms with Crippen molar-refractivity contribution in [2.24, 2.45) is 5.92 Å². The fourth-order valence-electron chi connectivity index (χ4n) is 2.87. The number of anilines is 3. The molecule has 1 saturated carbocycles. The molecule has 120 valence electrons. The van der Waals surface area contributed by atoms with Crippen LogP contribution in [0.5, 0.6) is 0 Å². The molecule has 1 aromatic heterocycles. The van der Waals surface area contributed by atoms with Gasteiger partial charge in [0.1, 0.15) is 5.82 Å². The van der Waals surface area contributed by atoms with Gasteiger partial charge in [-0.3, -0.25) is 4.79 Å². The molecule has 23 heavy (non-hydrogen) atoms. The molecule has 0 radical (unpaired) electrons. The van der Waals surface area contributed by atoms with E-state index in [1.165, 1.54) is 6.42 Å². The summed E-state index contributed by atoms with van der Waals surface area (Å²) in [6.07, 6.45) is 7.21. The van der Waals surface area contributed by atoms with E-state index < -0.39 is 0 Å². The number of carbonyl (C=O) groups excluding carboxylic acids is 1. The molecule has 1 heterocycles. The fourth-order valence-corrected chi connectivity index (χ4v) is 3.06. The number of rotatable bonds is 4. The van der Waals surface area contributed by atoms with Crippen LogP contribution in [0.4, 0.5) is 17.2 Å². The van der Waals surface area contributed by atoms with Crippen molar-refractivity contribution in [2.75, 3.05) is 10.6 Å². The highest BCUT2D eigenvalue weighted by molar-refractivity contribution is 6.30. The minimum absolute atomic E-state index is 0.0905. The molecule has 1 aromatic carbocycles. The molecule has 5 heteroatoms. The van der Waals surface area contributed by atoms with Crippen molar-refractivity contribution in [2.45, 2.75) is 32.1 Å². The van der Waals surface area contributed by atoms with Gasteiger partial charge in [-0.05, 0) is 43.2 Å². The molecule has 1 amide bonds. The molecular weight excluding hydrogens is 310 g/mol. The summed E-state index contributed by atoms with van der Waals surface area (Å²) in [6, 6.07) is 11.2. The first-order valence-electron chi connectivity index (χ1n) is 8.00. The van der Waals surface area contributed by atoms with E-state index in [0.29, 0.717) is 10.8 Å². The molecule has 0 aliphatic heterocycles. The molecule has 3 rings (SSSR count). The lowest BCUT2D eigenvalue weighted by Crippen LogP contribution is -2.25. The molecule has 0 unspecified atom stereocenters. The summed E-state index contributed by atoms with van der Waals surface area (Å²) in [5.74, 6) is 0.819. The molecule has 0 saturated heterocycles. The van der Waals surface area contributed by atoms with Crippen molar-refractivity contribution in [3.63, 3.8) is 0 Å². The highest BCUT2D eigenvalue weighted by Crippen LogP contribution is 2.25. The topological polar surface area (TPSA) is 54.0 Å². The number of carbonyl (C=O) groups is 1. The molecule has 0 spiro atoms. The molecule has 1 aliphatic carbocycles. The fraction of sp³-hybridized carbons (Fsp3) is 0.333. The van der Waals surface area contributed by atoms with Crippen molar-refractivity contribution in [1.82, 2.24) is 4.98 Å². The van der Waals surface area contributed by atoms with E-state index in [0.717, 1.165) is 37.1 Å². The van der Waals surface area contributed by atoms with Crippen LogP contribution in [0.2, 0.25) is 5.02 Å². The largest absolute Gasteiger partial charge is 0.354 e. The number of pyridine rings is 1. The van der Waals surface area contributed by atoms with Gasteiger partial charge < -0.3 is 10.6 Å². The van der Waals surface area contributed by atoms with Crippen molar-refractivity contribution in [3.8, 4) is 0 Å². The Balaban J connectivity index is 1.59. The maximum absolute atomic E-state index is 12.2. The number of aromatic nitrogens is 1. The Morgan fingerprint density at radius 1 is 1.09 bits per heavy atom. The minimum atomic E-state index is 0.0905. The molecule has 0 atom stereocenters. The second-order valence-corrected chi connectivity index (χ2v) is 6.33. The van der Waals surface area contributed by atoms with Crippen LogP contribution in [0.1, 0.15) is 32.1 Å². The Morgan fingerprint density at radius 3 is 2.61 bits per heavy atom. The third-order valence-corrected chi connectivity index (χ3v) is 4.34. The summed E-state index contributed by atoms with van der Waals surface area (Å²) in [6.45, 7) is 0. The monoisotopic (exact) mass is 329 g/mol. The van der Waals surface area contributed by atoms with Gasteiger partial charge in [-0.25, -0.2) is 4.98 Å². The molecular formula is C18H20ClN3O. The highest BCUT2D eigenvalue weighted by atomic mass is 35.5. The predicted octanol–water partition coefficient (Wildman–Crippen LogP) is 5.00. The van der Waals surface area contributed by atoms with E-state index in [1.54, 1.807) is 6.20 Å². The lowest BCUT2D eigenvalue weighted by Gasteiger charge is -2.20. The zero-order valence-corrected chi connectivity index (χ0v) is 13.6. The number of hydrogen-bond donors (Lipinski definition) is 2.